The maximum atomic E-state index is 12.1. The van der Waals surface area contributed by atoms with Gasteiger partial charge in [0.05, 0.1) is 6.61 Å². The monoisotopic (exact) mass is 395 g/mol. The molecule has 2 aromatic rings. The van der Waals surface area contributed by atoms with Crippen molar-refractivity contribution >= 4 is 12.1 Å². The first-order valence-corrected chi connectivity index (χ1v) is 8.31. The summed E-state index contributed by atoms with van der Waals surface area (Å²) in [5.41, 5.74) is 3.92. The molecular weight excluding hydrogens is 379 g/mol. The van der Waals surface area contributed by atoms with Crippen molar-refractivity contribution in [2.45, 2.75) is 18.3 Å². The summed E-state index contributed by atoms with van der Waals surface area (Å²) < 4.78 is 44.9. The zero-order chi connectivity index (χ0) is 20.3. The van der Waals surface area contributed by atoms with Crippen LogP contribution in [-0.4, -0.2) is 42.8 Å². The van der Waals surface area contributed by atoms with Crippen LogP contribution in [0.4, 0.5) is 18.0 Å². The number of carboxylic acids is 1. The van der Waals surface area contributed by atoms with Crippen molar-refractivity contribution in [2.75, 3.05) is 13.2 Å². The second kappa shape index (κ2) is 7.89. The van der Waals surface area contributed by atoms with Gasteiger partial charge in [0.1, 0.15) is 6.61 Å². The lowest BCUT2D eigenvalue weighted by Gasteiger charge is -2.18. The van der Waals surface area contributed by atoms with E-state index in [1.807, 2.05) is 53.8 Å². The maximum Gasteiger partial charge on any atom is 0.522 e. The van der Waals surface area contributed by atoms with Gasteiger partial charge in [0.25, 0.3) is 0 Å². The molecule has 2 aromatic carbocycles. The van der Waals surface area contributed by atoms with Crippen LogP contribution in [0.1, 0.15) is 17.0 Å². The standard InChI is InChI=1S/C19H16F3NO5/c20-19(21,22)28-10-16(17(24)25)23-18(26)27-9-15-13-7-3-1-5-11(13)12-6-2-4-8-14(12)15/h1-8,15-16H,9-10H2,(H,23,26)(H,24,25)/t16-/m1/s1. The number of rotatable bonds is 6. The van der Waals surface area contributed by atoms with Crippen LogP contribution in [0.2, 0.25) is 0 Å². The number of fused-ring (bicyclic) bond motifs is 3. The molecule has 0 heterocycles. The highest BCUT2D eigenvalue weighted by molar-refractivity contribution is 5.81. The number of alkyl halides is 3. The van der Waals surface area contributed by atoms with Gasteiger partial charge >= 0.3 is 18.4 Å². The van der Waals surface area contributed by atoms with E-state index in [-0.39, 0.29) is 12.5 Å². The van der Waals surface area contributed by atoms with Gasteiger partial charge in [-0.2, -0.15) is 0 Å². The fourth-order valence-corrected chi connectivity index (χ4v) is 3.13. The average molecular weight is 395 g/mol. The third kappa shape index (κ3) is 4.42. The van der Waals surface area contributed by atoms with Crippen LogP contribution in [0.3, 0.4) is 0 Å². The lowest BCUT2D eigenvalue weighted by molar-refractivity contribution is -0.325. The van der Waals surface area contributed by atoms with E-state index in [1.165, 1.54) is 0 Å². The Morgan fingerprint density at radius 1 is 1.04 bits per heavy atom. The van der Waals surface area contributed by atoms with E-state index in [0.717, 1.165) is 22.3 Å². The molecule has 1 atom stereocenters. The average Bonchev–Trinajstić information content (AvgIpc) is 2.96. The Morgan fingerprint density at radius 2 is 1.57 bits per heavy atom. The molecule has 0 aromatic heterocycles. The summed E-state index contributed by atoms with van der Waals surface area (Å²) in [6.07, 6.45) is -6.14. The first kappa shape index (κ1) is 19.7. The topological polar surface area (TPSA) is 84.9 Å². The quantitative estimate of drug-likeness (QED) is 0.782. The third-order valence-corrected chi connectivity index (χ3v) is 4.35. The van der Waals surface area contributed by atoms with Crippen LogP contribution in [0.25, 0.3) is 11.1 Å². The highest BCUT2D eigenvalue weighted by Gasteiger charge is 2.33. The highest BCUT2D eigenvalue weighted by Crippen LogP contribution is 2.44. The molecule has 6 nitrogen and oxygen atoms in total. The molecular formula is C19H16F3NO5. The summed E-state index contributed by atoms with van der Waals surface area (Å²) in [5.74, 6) is -1.93. The van der Waals surface area contributed by atoms with E-state index in [2.05, 4.69) is 4.74 Å². The Bertz CT molecular complexity index is 838. The molecule has 0 saturated carbocycles. The van der Waals surface area contributed by atoms with Crippen molar-refractivity contribution in [3.05, 3.63) is 59.7 Å². The van der Waals surface area contributed by atoms with Crippen molar-refractivity contribution < 1.29 is 37.3 Å². The van der Waals surface area contributed by atoms with Gasteiger partial charge in [0.2, 0.25) is 0 Å². The molecule has 2 N–H and O–H groups in total. The lowest BCUT2D eigenvalue weighted by atomic mass is 9.98. The summed E-state index contributed by atoms with van der Waals surface area (Å²) in [5, 5.41) is 10.8. The number of carbonyl (C=O) groups is 2. The van der Waals surface area contributed by atoms with E-state index < -0.39 is 31.1 Å². The number of alkyl carbamates (subject to hydrolysis) is 1. The molecule has 1 aliphatic rings. The molecule has 0 fully saturated rings. The van der Waals surface area contributed by atoms with Crippen molar-refractivity contribution in [3.63, 3.8) is 0 Å². The zero-order valence-electron chi connectivity index (χ0n) is 14.4. The van der Waals surface area contributed by atoms with Gasteiger partial charge in [-0.15, -0.1) is 13.2 Å². The molecule has 0 aliphatic heterocycles. The van der Waals surface area contributed by atoms with E-state index in [1.54, 1.807) is 0 Å². The molecule has 0 unspecified atom stereocenters. The summed E-state index contributed by atoms with van der Waals surface area (Å²) in [6, 6.07) is 13.3. The fraction of sp³-hybridized carbons (Fsp3) is 0.263. The van der Waals surface area contributed by atoms with Crippen LogP contribution in [0.5, 0.6) is 0 Å². The minimum atomic E-state index is -5.00. The van der Waals surface area contributed by atoms with Crippen LogP contribution < -0.4 is 5.32 Å². The summed E-state index contributed by atoms with van der Waals surface area (Å²) in [7, 11) is 0. The number of hydrogen-bond donors (Lipinski definition) is 2. The van der Waals surface area contributed by atoms with E-state index in [0.29, 0.717) is 0 Å². The molecule has 3 rings (SSSR count). The number of carbonyl (C=O) groups excluding carboxylic acids is 1. The van der Waals surface area contributed by atoms with Gasteiger partial charge in [-0.05, 0) is 22.3 Å². The number of aliphatic carboxylic acids is 1. The normalized spacial score (nSPS) is 14.1. The number of halogens is 3. The summed E-state index contributed by atoms with van der Waals surface area (Å²) in [4.78, 5) is 23.0. The Labute approximate surface area is 157 Å². The van der Waals surface area contributed by atoms with E-state index in [4.69, 9.17) is 9.84 Å². The highest BCUT2D eigenvalue weighted by atomic mass is 19.4. The van der Waals surface area contributed by atoms with Gasteiger partial charge in [0, 0.05) is 5.92 Å². The Kier molecular flexibility index (Phi) is 5.55. The van der Waals surface area contributed by atoms with Gasteiger partial charge < -0.3 is 15.2 Å². The molecule has 28 heavy (non-hydrogen) atoms. The predicted octanol–water partition coefficient (Wildman–Crippen LogP) is 3.51. The Hall–Kier alpha value is -3.07. The number of nitrogens with one attached hydrogen (secondary N) is 1. The largest absolute Gasteiger partial charge is 0.522 e. The molecule has 1 aliphatic carbocycles. The van der Waals surface area contributed by atoms with Gasteiger partial charge in [-0.3, -0.25) is 4.74 Å². The SMILES string of the molecule is O=C(N[C@H](COC(F)(F)F)C(=O)O)OCC1c2ccccc2-c2ccccc21. The minimum Gasteiger partial charge on any atom is -0.480 e. The fourth-order valence-electron chi connectivity index (χ4n) is 3.13. The number of benzene rings is 2. The first-order valence-electron chi connectivity index (χ1n) is 8.31. The summed E-state index contributed by atoms with van der Waals surface area (Å²) >= 11 is 0. The third-order valence-electron chi connectivity index (χ3n) is 4.35. The Balaban J connectivity index is 1.65. The van der Waals surface area contributed by atoms with Gasteiger partial charge in [-0.1, -0.05) is 48.5 Å². The van der Waals surface area contributed by atoms with Crippen LogP contribution >= 0.6 is 0 Å². The second-order valence-corrected chi connectivity index (χ2v) is 6.12. The number of ether oxygens (including phenoxy) is 2. The molecule has 0 radical (unpaired) electrons. The van der Waals surface area contributed by atoms with Crippen LogP contribution in [0.15, 0.2) is 48.5 Å². The molecule has 0 bridgehead atoms. The van der Waals surface area contributed by atoms with Crippen molar-refractivity contribution in [3.8, 4) is 11.1 Å². The van der Waals surface area contributed by atoms with Crippen LogP contribution in [0, 0.1) is 0 Å². The molecule has 1 amide bonds. The number of hydrogen-bond acceptors (Lipinski definition) is 4. The number of carboxylic acid groups (broad SMARTS) is 1. The maximum absolute atomic E-state index is 12.1. The number of amides is 1. The zero-order valence-corrected chi connectivity index (χ0v) is 14.4. The van der Waals surface area contributed by atoms with E-state index in [9.17, 15) is 22.8 Å². The predicted molar refractivity (Wildman–Crippen MR) is 91.6 cm³/mol. The van der Waals surface area contributed by atoms with Gasteiger partial charge in [0.15, 0.2) is 6.04 Å². The van der Waals surface area contributed by atoms with Crippen molar-refractivity contribution in [1.82, 2.24) is 5.32 Å². The molecule has 148 valence electrons. The van der Waals surface area contributed by atoms with E-state index >= 15 is 0 Å². The van der Waals surface area contributed by atoms with Crippen molar-refractivity contribution in [2.24, 2.45) is 0 Å². The lowest BCUT2D eigenvalue weighted by Crippen LogP contribution is -2.45. The van der Waals surface area contributed by atoms with Gasteiger partial charge in [-0.25, -0.2) is 9.59 Å². The second-order valence-electron chi connectivity index (χ2n) is 6.12. The molecule has 0 spiro atoms. The molecule has 9 heteroatoms. The minimum absolute atomic E-state index is 0.0909. The van der Waals surface area contributed by atoms with Crippen LogP contribution in [-0.2, 0) is 14.3 Å². The molecule has 0 saturated heterocycles. The van der Waals surface area contributed by atoms with Crippen molar-refractivity contribution in [1.29, 1.82) is 0 Å². The first-order chi connectivity index (χ1) is 13.3. The summed E-state index contributed by atoms with van der Waals surface area (Å²) in [6.45, 7) is -1.35. The Morgan fingerprint density at radius 3 is 2.07 bits per heavy atom. The smallest absolute Gasteiger partial charge is 0.480 e.